The topological polar surface area (TPSA) is 77.4 Å². The Hall–Kier alpha value is -3.03. The van der Waals surface area contributed by atoms with Crippen molar-refractivity contribution in [1.82, 2.24) is 9.55 Å². The first-order valence-electron chi connectivity index (χ1n) is 8.63. The molecule has 8 heteroatoms. The number of imidazole rings is 1. The number of hydrogen-bond acceptors (Lipinski definition) is 4. The van der Waals surface area contributed by atoms with Crippen molar-refractivity contribution >= 4 is 29.3 Å². The summed E-state index contributed by atoms with van der Waals surface area (Å²) in [7, 11) is 3.25. The van der Waals surface area contributed by atoms with Crippen LogP contribution in [0.3, 0.4) is 0 Å². The van der Waals surface area contributed by atoms with Crippen LogP contribution < -0.4 is 15.4 Å². The highest BCUT2D eigenvalue weighted by Crippen LogP contribution is 2.26. The van der Waals surface area contributed by atoms with E-state index < -0.39 is 6.03 Å². The average molecular weight is 401 g/mol. The van der Waals surface area contributed by atoms with Crippen molar-refractivity contribution in [2.24, 2.45) is 0 Å². The van der Waals surface area contributed by atoms with E-state index in [0.29, 0.717) is 29.8 Å². The highest BCUT2D eigenvalue weighted by Gasteiger charge is 2.15. The fourth-order valence-corrected chi connectivity index (χ4v) is 2.92. The summed E-state index contributed by atoms with van der Waals surface area (Å²) in [5.41, 5.74) is 2.35. The van der Waals surface area contributed by atoms with Crippen LogP contribution in [0.1, 0.15) is 0 Å². The van der Waals surface area contributed by atoms with Crippen LogP contribution in [0.2, 0.25) is 5.02 Å². The van der Waals surface area contributed by atoms with Gasteiger partial charge in [-0.05, 0) is 30.3 Å². The first-order valence-corrected chi connectivity index (χ1v) is 9.01. The molecule has 1 aromatic heterocycles. The molecule has 0 fully saturated rings. The molecular formula is C20H21ClN4O3. The highest BCUT2D eigenvalue weighted by atomic mass is 35.5. The van der Waals surface area contributed by atoms with Gasteiger partial charge in [0, 0.05) is 29.9 Å². The predicted molar refractivity (Wildman–Crippen MR) is 110 cm³/mol. The molecule has 2 amide bonds. The highest BCUT2D eigenvalue weighted by molar-refractivity contribution is 6.30. The van der Waals surface area contributed by atoms with E-state index in [1.54, 1.807) is 44.7 Å². The molecule has 0 aliphatic heterocycles. The van der Waals surface area contributed by atoms with E-state index in [-0.39, 0.29) is 0 Å². The van der Waals surface area contributed by atoms with Crippen molar-refractivity contribution in [1.29, 1.82) is 0 Å². The first-order chi connectivity index (χ1) is 13.6. The van der Waals surface area contributed by atoms with Crippen LogP contribution in [0, 0.1) is 0 Å². The van der Waals surface area contributed by atoms with Gasteiger partial charge in [0.2, 0.25) is 5.95 Å². The van der Waals surface area contributed by atoms with E-state index in [0.717, 1.165) is 17.0 Å². The number of anilines is 2. The first kappa shape index (κ1) is 19.7. The lowest BCUT2D eigenvalue weighted by atomic mass is 10.1. The van der Waals surface area contributed by atoms with Crippen molar-refractivity contribution in [3.63, 3.8) is 0 Å². The lowest BCUT2D eigenvalue weighted by molar-refractivity contribution is 0.188. The Morgan fingerprint density at radius 3 is 2.71 bits per heavy atom. The fourth-order valence-electron chi connectivity index (χ4n) is 2.73. The van der Waals surface area contributed by atoms with E-state index in [9.17, 15) is 4.79 Å². The second-order valence-corrected chi connectivity index (χ2v) is 6.37. The van der Waals surface area contributed by atoms with Gasteiger partial charge < -0.3 is 19.4 Å². The minimum Gasteiger partial charge on any atom is -0.497 e. The zero-order valence-electron chi connectivity index (χ0n) is 15.6. The molecular weight excluding hydrogens is 380 g/mol. The quantitative estimate of drug-likeness (QED) is 0.612. The molecule has 0 aliphatic rings. The van der Waals surface area contributed by atoms with Gasteiger partial charge in [0.1, 0.15) is 5.75 Å². The molecule has 0 unspecified atom stereocenters. The van der Waals surface area contributed by atoms with Gasteiger partial charge in [0.15, 0.2) is 0 Å². The zero-order valence-corrected chi connectivity index (χ0v) is 16.4. The van der Waals surface area contributed by atoms with Gasteiger partial charge in [-0.15, -0.1) is 0 Å². The molecule has 1 heterocycles. The van der Waals surface area contributed by atoms with Gasteiger partial charge >= 0.3 is 6.03 Å². The second-order valence-electron chi connectivity index (χ2n) is 5.93. The van der Waals surface area contributed by atoms with E-state index in [1.165, 1.54) is 0 Å². The normalized spacial score (nSPS) is 10.5. The molecule has 2 N–H and O–H groups in total. The third-order valence-electron chi connectivity index (χ3n) is 4.05. The molecule has 0 radical (unpaired) electrons. The van der Waals surface area contributed by atoms with Gasteiger partial charge in [0.25, 0.3) is 0 Å². The van der Waals surface area contributed by atoms with Gasteiger partial charge in [-0.1, -0.05) is 29.8 Å². The van der Waals surface area contributed by atoms with Gasteiger partial charge in [-0.3, -0.25) is 5.32 Å². The minimum atomic E-state index is -0.413. The third kappa shape index (κ3) is 4.82. The number of nitrogens with one attached hydrogen (secondary N) is 2. The number of halogens is 1. The largest absolute Gasteiger partial charge is 0.497 e. The lowest BCUT2D eigenvalue weighted by Crippen LogP contribution is -2.22. The van der Waals surface area contributed by atoms with Gasteiger partial charge in [0.05, 0.1) is 25.6 Å². The van der Waals surface area contributed by atoms with Gasteiger partial charge in [-0.25, -0.2) is 9.78 Å². The molecule has 3 rings (SSSR count). The summed E-state index contributed by atoms with van der Waals surface area (Å²) in [5.74, 6) is 1.15. The number of rotatable bonds is 7. The number of benzene rings is 2. The van der Waals surface area contributed by atoms with Crippen LogP contribution in [0.5, 0.6) is 5.75 Å². The van der Waals surface area contributed by atoms with Crippen LogP contribution in [0.4, 0.5) is 16.4 Å². The molecule has 0 saturated heterocycles. The Bertz CT molecular complexity index is 958. The number of carbonyl (C=O) groups excluding carboxylic acids is 1. The van der Waals surface area contributed by atoms with Crippen molar-refractivity contribution in [2.45, 2.75) is 6.54 Å². The number of carbonyl (C=O) groups is 1. The summed E-state index contributed by atoms with van der Waals surface area (Å²) < 4.78 is 12.4. The fraction of sp³-hybridized carbons (Fsp3) is 0.200. The van der Waals surface area contributed by atoms with Crippen LogP contribution in [0.15, 0.2) is 54.7 Å². The molecule has 7 nitrogen and oxygen atoms in total. The van der Waals surface area contributed by atoms with E-state index in [4.69, 9.17) is 21.1 Å². The van der Waals surface area contributed by atoms with E-state index in [2.05, 4.69) is 15.6 Å². The van der Waals surface area contributed by atoms with Crippen molar-refractivity contribution < 1.29 is 14.3 Å². The summed E-state index contributed by atoms with van der Waals surface area (Å²) in [4.78, 5) is 16.8. The maximum absolute atomic E-state index is 12.4. The van der Waals surface area contributed by atoms with Crippen molar-refractivity contribution in [3.8, 4) is 17.0 Å². The molecule has 3 aromatic rings. The number of nitrogens with zero attached hydrogens (tertiary/aromatic N) is 2. The molecule has 0 spiro atoms. The number of urea groups is 1. The summed E-state index contributed by atoms with van der Waals surface area (Å²) in [5, 5.41) is 6.06. The summed E-state index contributed by atoms with van der Waals surface area (Å²) in [6.45, 7) is 0.994. The lowest BCUT2D eigenvalue weighted by Gasteiger charge is -2.13. The summed E-state index contributed by atoms with van der Waals surface area (Å²) in [6, 6.07) is 14.2. The molecule has 0 atom stereocenters. The standard InChI is InChI=1S/C20H21ClN4O3/c1-27-10-9-25-18(14-5-3-8-17(11-14)28-2)13-22-19(25)24-20(26)23-16-7-4-6-15(21)12-16/h3-8,11-13H,9-10H2,1-2H3,(H2,22,23,24,26). The van der Waals surface area contributed by atoms with Gasteiger partial charge in [-0.2, -0.15) is 0 Å². The van der Waals surface area contributed by atoms with Crippen molar-refractivity contribution in [3.05, 3.63) is 59.8 Å². The Labute approximate surface area is 168 Å². The maximum Gasteiger partial charge on any atom is 0.326 e. The SMILES string of the molecule is COCCn1c(-c2cccc(OC)c2)cnc1NC(=O)Nc1cccc(Cl)c1. The van der Waals surface area contributed by atoms with Crippen LogP contribution in [-0.4, -0.2) is 36.4 Å². The molecule has 0 aliphatic carbocycles. The number of methoxy groups -OCH3 is 2. The molecule has 0 saturated carbocycles. The van der Waals surface area contributed by atoms with Crippen LogP contribution >= 0.6 is 11.6 Å². The monoisotopic (exact) mass is 400 g/mol. The van der Waals surface area contributed by atoms with Crippen molar-refractivity contribution in [2.75, 3.05) is 31.5 Å². The Morgan fingerprint density at radius 2 is 1.96 bits per heavy atom. The Balaban J connectivity index is 1.84. The number of ether oxygens (including phenoxy) is 2. The van der Waals surface area contributed by atoms with E-state index in [1.807, 2.05) is 28.8 Å². The van der Waals surface area contributed by atoms with Crippen LogP contribution in [0.25, 0.3) is 11.3 Å². The average Bonchev–Trinajstić information content (AvgIpc) is 3.08. The predicted octanol–water partition coefficient (Wildman–Crippen LogP) is 4.50. The molecule has 146 valence electrons. The molecule has 0 bridgehead atoms. The Kier molecular flexibility index (Phi) is 6.52. The smallest absolute Gasteiger partial charge is 0.326 e. The molecule has 2 aromatic carbocycles. The Morgan fingerprint density at radius 1 is 1.14 bits per heavy atom. The number of aromatic nitrogens is 2. The van der Waals surface area contributed by atoms with E-state index >= 15 is 0 Å². The maximum atomic E-state index is 12.4. The zero-order chi connectivity index (χ0) is 19.9. The third-order valence-corrected chi connectivity index (χ3v) is 4.28. The number of amides is 2. The molecule has 28 heavy (non-hydrogen) atoms. The second kappa shape index (κ2) is 9.25. The number of hydrogen-bond donors (Lipinski definition) is 2. The summed E-state index contributed by atoms with van der Waals surface area (Å²) in [6.07, 6.45) is 1.71. The minimum absolute atomic E-state index is 0.411. The van der Waals surface area contributed by atoms with Crippen LogP contribution in [-0.2, 0) is 11.3 Å². The summed E-state index contributed by atoms with van der Waals surface area (Å²) >= 11 is 5.95.